The summed E-state index contributed by atoms with van der Waals surface area (Å²) in [6.45, 7) is 6.20. The normalized spacial score (nSPS) is 12.6. The number of hydrogen-bond acceptors (Lipinski definition) is 2. The molecule has 0 aliphatic heterocycles. The van der Waals surface area contributed by atoms with Crippen molar-refractivity contribution in [1.29, 1.82) is 0 Å². The number of methoxy groups -OCH3 is 1. The first kappa shape index (κ1) is 12.8. The van der Waals surface area contributed by atoms with Gasteiger partial charge in [-0.25, -0.2) is 0 Å². The second-order valence-electron chi connectivity index (χ2n) is 4.34. The van der Waals surface area contributed by atoms with Crippen LogP contribution in [0.2, 0.25) is 0 Å². The highest BCUT2D eigenvalue weighted by molar-refractivity contribution is 5.78. The van der Waals surface area contributed by atoms with E-state index < -0.39 is 0 Å². The van der Waals surface area contributed by atoms with Gasteiger partial charge in [-0.2, -0.15) is 0 Å². The lowest BCUT2D eigenvalue weighted by molar-refractivity contribution is -0.143. The zero-order valence-corrected chi connectivity index (χ0v) is 10.5. The van der Waals surface area contributed by atoms with Crippen molar-refractivity contribution < 1.29 is 9.53 Å². The predicted molar refractivity (Wildman–Crippen MR) is 65.4 cm³/mol. The van der Waals surface area contributed by atoms with Crippen LogP contribution in [-0.4, -0.2) is 13.1 Å². The maximum atomic E-state index is 11.7. The van der Waals surface area contributed by atoms with Crippen molar-refractivity contribution in [3.63, 3.8) is 0 Å². The number of esters is 1. The summed E-state index contributed by atoms with van der Waals surface area (Å²) in [5.74, 6) is -0.0562. The number of aryl methyl sites for hydroxylation is 1. The quantitative estimate of drug-likeness (QED) is 0.728. The van der Waals surface area contributed by atoms with Crippen molar-refractivity contribution in [2.24, 2.45) is 5.92 Å². The summed E-state index contributed by atoms with van der Waals surface area (Å²) in [6.07, 6.45) is 0.986. The van der Waals surface area contributed by atoms with Crippen LogP contribution in [0.15, 0.2) is 24.3 Å². The molecule has 1 aromatic rings. The lowest BCUT2D eigenvalue weighted by atomic mass is 9.87. The van der Waals surface area contributed by atoms with Crippen molar-refractivity contribution in [3.05, 3.63) is 35.4 Å². The van der Waals surface area contributed by atoms with Gasteiger partial charge in [0, 0.05) is 0 Å². The Morgan fingerprint density at radius 1 is 1.38 bits per heavy atom. The molecule has 1 rings (SSSR count). The SMILES string of the molecule is CCc1cccc(C(C(=O)OC)C(C)C)c1. The molecule has 0 aromatic heterocycles. The highest BCUT2D eigenvalue weighted by Gasteiger charge is 2.24. The van der Waals surface area contributed by atoms with Crippen molar-refractivity contribution in [3.8, 4) is 0 Å². The lowest BCUT2D eigenvalue weighted by Crippen LogP contribution is -2.19. The van der Waals surface area contributed by atoms with E-state index in [-0.39, 0.29) is 17.8 Å². The summed E-state index contributed by atoms with van der Waals surface area (Å²) in [7, 11) is 1.45. The topological polar surface area (TPSA) is 26.3 Å². The van der Waals surface area contributed by atoms with E-state index in [1.165, 1.54) is 12.7 Å². The minimum atomic E-state index is -0.156. The predicted octanol–water partition coefficient (Wildman–Crippen LogP) is 3.16. The monoisotopic (exact) mass is 220 g/mol. The third kappa shape index (κ3) is 2.84. The summed E-state index contributed by atoms with van der Waals surface area (Å²) in [6, 6.07) is 8.19. The molecule has 0 radical (unpaired) electrons. The second kappa shape index (κ2) is 5.69. The second-order valence-corrected chi connectivity index (χ2v) is 4.34. The van der Waals surface area contributed by atoms with Gasteiger partial charge in [0.2, 0.25) is 0 Å². The highest BCUT2D eigenvalue weighted by Crippen LogP contribution is 2.26. The molecular formula is C14H20O2. The minimum Gasteiger partial charge on any atom is -0.469 e. The molecule has 0 heterocycles. The van der Waals surface area contributed by atoms with Crippen molar-refractivity contribution in [1.82, 2.24) is 0 Å². The van der Waals surface area contributed by atoms with Gasteiger partial charge in [0.1, 0.15) is 0 Å². The fourth-order valence-corrected chi connectivity index (χ4v) is 1.93. The fraction of sp³-hybridized carbons (Fsp3) is 0.500. The van der Waals surface area contributed by atoms with E-state index in [2.05, 4.69) is 19.1 Å². The molecule has 1 aromatic carbocycles. The number of carbonyl (C=O) groups excluding carboxylic acids is 1. The molecular weight excluding hydrogens is 200 g/mol. The van der Waals surface area contributed by atoms with Crippen LogP contribution in [0.25, 0.3) is 0 Å². The zero-order valence-electron chi connectivity index (χ0n) is 10.5. The van der Waals surface area contributed by atoms with Crippen LogP contribution in [0.5, 0.6) is 0 Å². The smallest absolute Gasteiger partial charge is 0.313 e. The third-order valence-corrected chi connectivity index (χ3v) is 2.84. The Balaban J connectivity index is 3.05. The number of rotatable bonds is 4. The van der Waals surface area contributed by atoms with Crippen LogP contribution >= 0.6 is 0 Å². The standard InChI is InChI=1S/C14H20O2/c1-5-11-7-6-8-12(9-11)13(10(2)3)14(15)16-4/h6-10,13H,5H2,1-4H3. The minimum absolute atomic E-state index is 0.150. The average Bonchev–Trinajstić information content (AvgIpc) is 2.29. The molecule has 0 spiro atoms. The molecule has 1 unspecified atom stereocenters. The first-order valence-corrected chi connectivity index (χ1v) is 5.76. The van der Waals surface area contributed by atoms with Gasteiger partial charge in [-0.05, 0) is 23.5 Å². The molecule has 0 saturated heterocycles. The van der Waals surface area contributed by atoms with E-state index in [0.29, 0.717) is 0 Å². The maximum absolute atomic E-state index is 11.7. The molecule has 0 aliphatic rings. The lowest BCUT2D eigenvalue weighted by Gasteiger charge is -2.19. The van der Waals surface area contributed by atoms with Crippen LogP contribution in [0.3, 0.4) is 0 Å². The fourth-order valence-electron chi connectivity index (χ4n) is 1.93. The molecule has 0 aliphatic carbocycles. The molecule has 0 fully saturated rings. The van der Waals surface area contributed by atoms with Gasteiger partial charge < -0.3 is 4.74 Å². The third-order valence-electron chi connectivity index (χ3n) is 2.84. The van der Waals surface area contributed by atoms with Crippen LogP contribution in [0.1, 0.15) is 37.8 Å². The molecule has 0 saturated carbocycles. The Labute approximate surface area is 97.6 Å². The first-order chi connectivity index (χ1) is 7.60. The van der Waals surface area contributed by atoms with E-state index in [4.69, 9.17) is 4.74 Å². The van der Waals surface area contributed by atoms with E-state index in [0.717, 1.165) is 12.0 Å². The van der Waals surface area contributed by atoms with E-state index >= 15 is 0 Å². The molecule has 16 heavy (non-hydrogen) atoms. The molecule has 0 bridgehead atoms. The molecule has 1 atom stereocenters. The Bertz CT molecular complexity index is 356. The van der Waals surface area contributed by atoms with Crippen molar-refractivity contribution >= 4 is 5.97 Å². The van der Waals surface area contributed by atoms with E-state index in [9.17, 15) is 4.79 Å². The molecule has 2 nitrogen and oxygen atoms in total. The number of ether oxygens (including phenoxy) is 1. The van der Waals surface area contributed by atoms with Crippen molar-refractivity contribution in [2.45, 2.75) is 33.1 Å². The average molecular weight is 220 g/mol. The summed E-state index contributed by atoms with van der Waals surface area (Å²) < 4.78 is 4.86. The van der Waals surface area contributed by atoms with Crippen molar-refractivity contribution in [2.75, 3.05) is 7.11 Å². The van der Waals surface area contributed by atoms with Gasteiger partial charge in [0.15, 0.2) is 0 Å². The summed E-state index contributed by atoms with van der Waals surface area (Å²) in [4.78, 5) is 11.7. The summed E-state index contributed by atoms with van der Waals surface area (Å²) >= 11 is 0. The van der Waals surface area contributed by atoms with Gasteiger partial charge in [0.05, 0.1) is 13.0 Å². The number of hydrogen-bond donors (Lipinski definition) is 0. The van der Waals surface area contributed by atoms with Crippen LogP contribution < -0.4 is 0 Å². The molecule has 0 N–H and O–H groups in total. The van der Waals surface area contributed by atoms with Gasteiger partial charge in [0.25, 0.3) is 0 Å². The molecule has 0 amide bonds. The van der Waals surface area contributed by atoms with E-state index in [1.807, 2.05) is 26.0 Å². The first-order valence-electron chi connectivity index (χ1n) is 5.76. The molecule has 88 valence electrons. The zero-order chi connectivity index (χ0) is 12.1. The highest BCUT2D eigenvalue weighted by atomic mass is 16.5. The summed E-state index contributed by atoms with van der Waals surface area (Å²) in [5.41, 5.74) is 2.31. The van der Waals surface area contributed by atoms with Gasteiger partial charge in [-0.15, -0.1) is 0 Å². The summed E-state index contributed by atoms with van der Waals surface area (Å²) in [5, 5.41) is 0. The van der Waals surface area contributed by atoms with Gasteiger partial charge >= 0.3 is 5.97 Å². The van der Waals surface area contributed by atoms with Crippen LogP contribution in [0, 0.1) is 5.92 Å². The Hall–Kier alpha value is -1.31. The van der Waals surface area contributed by atoms with Gasteiger partial charge in [-0.3, -0.25) is 4.79 Å². The number of benzene rings is 1. The van der Waals surface area contributed by atoms with E-state index in [1.54, 1.807) is 0 Å². The van der Waals surface area contributed by atoms with Crippen LogP contribution in [-0.2, 0) is 16.0 Å². The number of carbonyl (C=O) groups is 1. The Morgan fingerprint density at radius 3 is 2.56 bits per heavy atom. The largest absolute Gasteiger partial charge is 0.469 e. The Kier molecular flexibility index (Phi) is 4.53. The molecule has 2 heteroatoms. The maximum Gasteiger partial charge on any atom is 0.313 e. The van der Waals surface area contributed by atoms with Gasteiger partial charge in [-0.1, -0.05) is 45.0 Å². The Morgan fingerprint density at radius 2 is 2.06 bits per heavy atom. The van der Waals surface area contributed by atoms with Crippen LogP contribution in [0.4, 0.5) is 0 Å².